The number of aromatic nitrogens is 1. The second-order valence-electron chi connectivity index (χ2n) is 24.1. The fourth-order valence-electron chi connectivity index (χ4n) is 11.1. The van der Waals surface area contributed by atoms with Crippen LogP contribution in [0.2, 0.25) is 5.02 Å². The van der Waals surface area contributed by atoms with Gasteiger partial charge in [-0.05, 0) is 119 Å². The summed E-state index contributed by atoms with van der Waals surface area (Å²) in [5.74, 6) is -6.57. The number of nitrogens with one attached hydrogen (secondary N) is 9. The number of pyridine rings is 1. The molecule has 0 aliphatic carbocycles. The molecule has 1 aliphatic heterocycles. The van der Waals surface area contributed by atoms with Crippen LogP contribution in [-0.4, -0.2) is 161 Å². The van der Waals surface area contributed by atoms with Crippen molar-refractivity contribution in [3.8, 4) is 0 Å². The van der Waals surface area contributed by atoms with E-state index in [9.17, 15) is 43.5 Å². The minimum atomic E-state index is -1.76. The number of nitrogens with zero attached hydrogens (tertiary/aromatic N) is 3. The Labute approximate surface area is 552 Å². The van der Waals surface area contributed by atoms with Crippen molar-refractivity contribution >= 4 is 92.8 Å². The number of benzene rings is 5. The van der Waals surface area contributed by atoms with Crippen LogP contribution < -0.4 is 47.9 Å². The Morgan fingerprint density at radius 3 is 1.49 bits per heavy atom. The van der Waals surface area contributed by atoms with Crippen LogP contribution in [0.1, 0.15) is 81.7 Å². The fourth-order valence-corrected chi connectivity index (χ4v) is 11.3. The van der Waals surface area contributed by atoms with E-state index in [2.05, 4.69) is 57.7 Å². The molecule has 1 aromatic heterocycles. The maximum atomic E-state index is 15.2. The summed E-state index contributed by atoms with van der Waals surface area (Å²) in [6.07, 6.45) is 4.81. The van der Waals surface area contributed by atoms with Gasteiger partial charge < -0.3 is 62.8 Å². The van der Waals surface area contributed by atoms with Gasteiger partial charge in [0.25, 0.3) is 0 Å². The van der Waals surface area contributed by atoms with Crippen molar-refractivity contribution in [2.45, 2.75) is 128 Å². The zero-order valence-electron chi connectivity index (χ0n) is 53.8. The summed E-state index contributed by atoms with van der Waals surface area (Å²) in [5, 5.41) is 38.4. The zero-order valence-corrected chi connectivity index (χ0v) is 54.6. The van der Waals surface area contributed by atoms with Gasteiger partial charge in [0.05, 0.1) is 6.61 Å². The maximum Gasteiger partial charge on any atom is 0.247 e. The SMILES string of the molecule is CC(=O)Nc1ccc(C[C@@H](NC(=O)[C@H](Cc2ccc(NC(C)=O)cc2)N(C)C(=O)[C@H](CO)NC(=O)[C@@H](Cc2cccnc2)NC(=O)[C@@H](Cc2ccc(Cl)cc2)NC(=O)[C@@H](Cc2ccc3ccccc3c2)NC(C)=O)C(=O)N[C@@H](CC(C)C)C(=O)NCCN2CCCC2)cc1. The van der Waals surface area contributed by atoms with E-state index >= 15 is 9.59 Å². The second-order valence-corrected chi connectivity index (χ2v) is 24.6. The first-order chi connectivity index (χ1) is 45.0. The van der Waals surface area contributed by atoms with Crippen molar-refractivity contribution < 1.29 is 53.1 Å². The third-order valence-corrected chi connectivity index (χ3v) is 16.2. The summed E-state index contributed by atoms with van der Waals surface area (Å²) < 4.78 is 0. The molecule has 5 aromatic carbocycles. The molecule has 23 nitrogen and oxygen atoms in total. The molecule has 2 heterocycles. The molecule has 94 heavy (non-hydrogen) atoms. The van der Waals surface area contributed by atoms with Gasteiger partial charge in [-0.15, -0.1) is 0 Å². The van der Waals surface area contributed by atoms with E-state index in [0.717, 1.165) is 47.2 Å². The summed E-state index contributed by atoms with van der Waals surface area (Å²) in [5.41, 5.74) is 3.75. The smallest absolute Gasteiger partial charge is 0.247 e. The molecule has 10 N–H and O–H groups in total. The fraction of sp³-hybridized carbons (Fsp3) is 0.386. The van der Waals surface area contributed by atoms with Crippen LogP contribution in [0.4, 0.5) is 11.4 Å². The van der Waals surface area contributed by atoms with Gasteiger partial charge in [-0.3, -0.25) is 52.9 Å². The van der Waals surface area contributed by atoms with Gasteiger partial charge in [0.15, 0.2) is 0 Å². The van der Waals surface area contributed by atoms with E-state index in [0.29, 0.717) is 51.7 Å². The van der Waals surface area contributed by atoms with Crippen LogP contribution in [0.15, 0.2) is 140 Å². The number of rotatable bonds is 32. The molecule has 0 saturated carbocycles. The highest BCUT2D eigenvalue weighted by Gasteiger charge is 2.37. The van der Waals surface area contributed by atoms with Crippen molar-refractivity contribution in [1.82, 2.24) is 52.0 Å². The van der Waals surface area contributed by atoms with Crippen LogP contribution in [0.25, 0.3) is 10.8 Å². The molecule has 24 heteroatoms. The lowest BCUT2D eigenvalue weighted by Crippen LogP contribution is -2.61. The predicted molar refractivity (Wildman–Crippen MR) is 359 cm³/mol. The summed E-state index contributed by atoms with van der Waals surface area (Å²) in [7, 11) is 1.29. The first kappa shape index (κ1) is 71.9. The molecule has 0 spiro atoms. The van der Waals surface area contributed by atoms with Crippen LogP contribution in [-0.2, 0) is 80.0 Å². The number of aliphatic hydroxyl groups excluding tert-OH is 1. The summed E-state index contributed by atoms with van der Waals surface area (Å²) in [6.45, 7) is 9.65. The van der Waals surface area contributed by atoms with E-state index in [4.69, 9.17) is 11.6 Å². The van der Waals surface area contributed by atoms with Crippen molar-refractivity contribution in [2.24, 2.45) is 5.92 Å². The quantitative estimate of drug-likeness (QED) is 0.0282. The lowest BCUT2D eigenvalue weighted by molar-refractivity contribution is -0.143. The molecule has 0 unspecified atom stereocenters. The third kappa shape index (κ3) is 22.6. The molecule has 6 aromatic rings. The second kappa shape index (κ2) is 35.5. The Kier molecular flexibility index (Phi) is 27.1. The Balaban J connectivity index is 1.17. The van der Waals surface area contributed by atoms with Gasteiger partial charge in [-0.2, -0.15) is 0 Å². The molecule has 7 atom stereocenters. The van der Waals surface area contributed by atoms with E-state index < -0.39 is 96.2 Å². The zero-order chi connectivity index (χ0) is 67.8. The number of fused-ring (bicyclic) bond motifs is 1. The Hall–Kier alpha value is -9.58. The van der Waals surface area contributed by atoms with Crippen molar-refractivity contribution in [3.63, 3.8) is 0 Å². The van der Waals surface area contributed by atoms with Crippen molar-refractivity contribution in [1.29, 1.82) is 0 Å². The number of likely N-dealkylation sites (N-methyl/N-ethyl adjacent to an activating group) is 1. The number of carbonyl (C=O) groups excluding carboxylic acids is 10. The van der Waals surface area contributed by atoms with Gasteiger partial charge in [-0.25, -0.2) is 0 Å². The number of aliphatic hydroxyl groups is 1. The van der Waals surface area contributed by atoms with Crippen LogP contribution in [0.3, 0.4) is 0 Å². The average molecular weight is 1310 g/mol. The number of anilines is 2. The van der Waals surface area contributed by atoms with Gasteiger partial charge in [0.2, 0.25) is 59.1 Å². The number of hydrogen-bond acceptors (Lipinski definition) is 13. The number of amides is 10. The molecule has 7 rings (SSSR count). The monoisotopic (exact) mass is 1300 g/mol. The summed E-state index contributed by atoms with van der Waals surface area (Å²) in [6, 6.07) is 26.6. The highest BCUT2D eigenvalue weighted by molar-refractivity contribution is 6.30. The van der Waals surface area contributed by atoms with E-state index in [-0.39, 0.29) is 56.3 Å². The van der Waals surface area contributed by atoms with Crippen LogP contribution in [0.5, 0.6) is 0 Å². The lowest BCUT2D eigenvalue weighted by Gasteiger charge is -2.32. The largest absolute Gasteiger partial charge is 0.394 e. The molecule has 10 amide bonds. The molecule has 1 saturated heterocycles. The number of halogens is 1. The molecule has 0 radical (unpaired) electrons. The third-order valence-electron chi connectivity index (χ3n) is 16.0. The highest BCUT2D eigenvalue weighted by Crippen LogP contribution is 2.21. The Morgan fingerprint density at radius 2 is 0.979 bits per heavy atom. The number of likely N-dealkylation sites (tertiary alicyclic amines) is 1. The Morgan fingerprint density at radius 1 is 0.511 bits per heavy atom. The normalized spacial score (nSPS) is 14.4. The van der Waals surface area contributed by atoms with Gasteiger partial charge >= 0.3 is 0 Å². The standard InChI is InChI=1S/C70H85ClN12O11/c1-43(2)34-57(64(88)73-30-33-83-31-9-10-32-83)77-67(91)60(37-48-18-25-55(26-19-48)74-44(3)85)80-69(93)63(40-49-20-27-56(28-21-49)75-45(4)86)82(6)70(94)62(42-84)81-68(92)61(39-51-12-11-29-72-41-51)79-66(90)59(36-47-16-23-54(71)24-17-47)78-65(89)58(76-46(5)87)38-50-15-22-52-13-7-8-14-53(52)35-50/h7-8,11-29,35,41,43,57-63,84H,9-10,30-34,36-40,42H2,1-6H3,(H,73,88)(H,74,85)(H,75,86)(H,76,87)(H,77,91)(H,78,89)(H,79,90)(H,80,93)(H,81,92)/t57-,58+,59+,60+,61+,62-,63-/m0/s1. The number of hydrogen-bond donors (Lipinski definition) is 10. The molecule has 1 fully saturated rings. The molecule has 1 aliphatic rings. The van der Waals surface area contributed by atoms with E-state index in [1.165, 1.54) is 40.2 Å². The topological polar surface area (TPSA) is 319 Å². The minimum absolute atomic E-state index is 0.0422. The van der Waals surface area contributed by atoms with Gasteiger partial charge in [0, 0.05) is 102 Å². The average Bonchev–Trinajstić information content (AvgIpc) is 0.925. The van der Waals surface area contributed by atoms with Crippen LogP contribution in [0, 0.1) is 5.92 Å². The first-order valence-electron chi connectivity index (χ1n) is 31.5. The van der Waals surface area contributed by atoms with Gasteiger partial charge in [0.1, 0.15) is 42.3 Å². The summed E-state index contributed by atoms with van der Waals surface area (Å²) >= 11 is 6.25. The predicted octanol–water partition coefficient (Wildman–Crippen LogP) is 4.32. The first-order valence-corrected chi connectivity index (χ1v) is 31.9. The number of carbonyl (C=O) groups is 10. The van der Waals surface area contributed by atoms with Gasteiger partial charge in [-0.1, -0.05) is 110 Å². The minimum Gasteiger partial charge on any atom is -0.394 e. The summed E-state index contributed by atoms with van der Waals surface area (Å²) in [4.78, 5) is 147. The molecule has 498 valence electrons. The maximum absolute atomic E-state index is 15.2. The van der Waals surface area contributed by atoms with Crippen LogP contribution >= 0.6 is 11.6 Å². The lowest BCUT2D eigenvalue weighted by atomic mass is 9.99. The Bertz CT molecular complexity index is 3590. The van der Waals surface area contributed by atoms with Crippen molar-refractivity contribution in [3.05, 3.63) is 173 Å². The van der Waals surface area contributed by atoms with E-state index in [1.807, 2.05) is 56.3 Å². The van der Waals surface area contributed by atoms with E-state index in [1.54, 1.807) is 84.9 Å². The van der Waals surface area contributed by atoms with Crippen molar-refractivity contribution in [2.75, 3.05) is 50.5 Å². The molecular formula is C70H85ClN12O11. The molecule has 0 bridgehead atoms. The highest BCUT2D eigenvalue weighted by atomic mass is 35.5. The molecular weight excluding hydrogens is 1220 g/mol.